The Balaban J connectivity index is 0.000000268. The van der Waals surface area contributed by atoms with Crippen LogP contribution in [-0.2, 0) is 20.7 Å². The molecule has 0 atom stereocenters. The van der Waals surface area contributed by atoms with Crippen LogP contribution >= 0.6 is 0 Å². The summed E-state index contributed by atoms with van der Waals surface area (Å²) >= 11 is 0. The van der Waals surface area contributed by atoms with E-state index >= 15 is 0 Å². The molecule has 3 aromatic carbocycles. The maximum Gasteiger partial charge on any atom is 0.330 e. The highest BCUT2D eigenvalue weighted by Gasteiger charge is 2.21. The summed E-state index contributed by atoms with van der Waals surface area (Å²) in [5.41, 5.74) is 3.96. The molecule has 7 nitrogen and oxygen atoms in total. The first kappa shape index (κ1) is 37.1. The highest BCUT2D eigenvalue weighted by Crippen LogP contribution is 2.30. The highest BCUT2D eigenvalue weighted by atomic mass is 16.5. The zero-order chi connectivity index (χ0) is 33.7. The summed E-state index contributed by atoms with van der Waals surface area (Å²) in [7, 11) is 1.64. The SMILES string of the molecule is C=CC(=O)OCCCCCCOc1ccc(OC)cc1.CCCc1ccc(-c2ccc(OCC3CCC(C=O)CC3)cc2C=O)cc1. The number of aldehydes is 2. The molecule has 0 aromatic heterocycles. The summed E-state index contributed by atoms with van der Waals surface area (Å²) in [4.78, 5) is 33.2. The second kappa shape index (κ2) is 21.4. The second-order valence-electron chi connectivity index (χ2n) is 11.9. The third kappa shape index (κ3) is 13.5. The first-order valence-electron chi connectivity index (χ1n) is 16.8. The molecule has 0 amide bonds. The fraction of sp³-hybridized carbons (Fsp3) is 0.425. The molecule has 0 unspecified atom stereocenters. The lowest BCUT2D eigenvalue weighted by atomic mass is 9.83. The van der Waals surface area contributed by atoms with Gasteiger partial charge in [0.25, 0.3) is 0 Å². The lowest BCUT2D eigenvalue weighted by Crippen LogP contribution is -2.20. The number of aryl methyl sites for hydroxylation is 1. The zero-order valence-electron chi connectivity index (χ0n) is 28.0. The van der Waals surface area contributed by atoms with Crippen LogP contribution in [0.3, 0.4) is 0 Å². The number of rotatable bonds is 18. The topological polar surface area (TPSA) is 88.1 Å². The van der Waals surface area contributed by atoms with Gasteiger partial charge in [-0.3, -0.25) is 4.79 Å². The van der Waals surface area contributed by atoms with Crippen LogP contribution in [0.4, 0.5) is 0 Å². The minimum atomic E-state index is -0.354. The number of unbranched alkanes of at least 4 members (excludes halogenated alkanes) is 3. The maximum atomic E-state index is 11.6. The van der Waals surface area contributed by atoms with E-state index < -0.39 is 0 Å². The van der Waals surface area contributed by atoms with Crippen molar-refractivity contribution < 1.29 is 33.3 Å². The van der Waals surface area contributed by atoms with Gasteiger partial charge in [0.15, 0.2) is 6.29 Å². The van der Waals surface area contributed by atoms with Gasteiger partial charge in [-0.15, -0.1) is 0 Å². The van der Waals surface area contributed by atoms with Gasteiger partial charge in [-0.25, -0.2) is 4.79 Å². The molecule has 0 radical (unpaired) electrons. The maximum absolute atomic E-state index is 11.6. The van der Waals surface area contributed by atoms with Gasteiger partial charge in [0, 0.05) is 17.6 Å². The molecule has 1 saturated carbocycles. The van der Waals surface area contributed by atoms with E-state index in [2.05, 4.69) is 37.8 Å². The van der Waals surface area contributed by atoms with Crippen LogP contribution < -0.4 is 14.2 Å². The van der Waals surface area contributed by atoms with Gasteiger partial charge in [0.05, 0.1) is 26.9 Å². The van der Waals surface area contributed by atoms with Crippen LogP contribution in [0.15, 0.2) is 79.4 Å². The normalized spacial score (nSPS) is 15.4. The van der Waals surface area contributed by atoms with Crippen LogP contribution in [0.5, 0.6) is 17.2 Å². The number of methoxy groups -OCH3 is 1. The summed E-state index contributed by atoms with van der Waals surface area (Å²) in [5, 5.41) is 0. The van der Waals surface area contributed by atoms with Crippen molar-refractivity contribution in [2.45, 2.75) is 71.1 Å². The summed E-state index contributed by atoms with van der Waals surface area (Å²) in [6.07, 6.45) is 13.3. The quantitative estimate of drug-likeness (QED) is 0.0593. The Morgan fingerprint density at radius 2 is 1.47 bits per heavy atom. The molecule has 47 heavy (non-hydrogen) atoms. The summed E-state index contributed by atoms with van der Waals surface area (Å²) in [5.74, 6) is 2.78. The zero-order valence-corrected chi connectivity index (χ0v) is 28.0. The largest absolute Gasteiger partial charge is 0.497 e. The van der Waals surface area contributed by atoms with Crippen molar-refractivity contribution in [2.75, 3.05) is 26.9 Å². The Bertz CT molecular complexity index is 1360. The molecule has 0 spiro atoms. The minimum Gasteiger partial charge on any atom is -0.497 e. The number of carbonyl (C=O) groups is 3. The van der Waals surface area contributed by atoms with Crippen molar-refractivity contribution in [1.29, 1.82) is 0 Å². The highest BCUT2D eigenvalue weighted by molar-refractivity contribution is 5.88. The van der Waals surface area contributed by atoms with Crippen LogP contribution in [0.1, 0.15) is 80.6 Å². The average Bonchev–Trinajstić information content (AvgIpc) is 3.12. The Morgan fingerprint density at radius 1 is 0.809 bits per heavy atom. The fourth-order valence-corrected chi connectivity index (χ4v) is 5.49. The molecular weight excluding hydrogens is 592 g/mol. The van der Waals surface area contributed by atoms with Crippen LogP contribution in [0.2, 0.25) is 0 Å². The smallest absolute Gasteiger partial charge is 0.330 e. The molecule has 4 rings (SSSR count). The van der Waals surface area contributed by atoms with Gasteiger partial charge in [-0.05, 0) is 123 Å². The van der Waals surface area contributed by atoms with Gasteiger partial charge >= 0.3 is 5.97 Å². The number of benzene rings is 3. The predicted octanol–water partition coefficient (Wildman–Crippen LogP) is 8.87. The van der Waals surface area contributed by atoms with Crippen LogP contribution in [0, 0.1) is 11.8 Å². The molecule has 0 N–H and O–H groups in total. The van der Waals surface area contributed by atoms with Gasteiger partial charge in [-0.1, -0.05) is 44.2 Å². The first-order valence-corrected chi connectivity index (χ1v) is 16.8. The molecule has 1 aliphatic carbocycles. The van der Waals surface area contributed by atoms with E-state index in [1.165, 1.54) is 11.6 Å². The van der Waals surface area contributed by atoms with Crippen molar-refractivity contribution in [2.24, 2.45) is 11.8 Å². The van der Waals surface area contributed by atoms with E-state index in [9.17, 15) is 14.4 Å². The summed E-state index contributed by atoms with van der Waals surface area (Å²) < 4.78 is 21.5. The monoisotopic (exact) mass is 642 g/mol. The van der Waals surface area contributed by atoms with E-state index in [1.54, 1.807) is 7.11 Å². The number of hydrogen-bond acceptors (Lipinski definition) is 7. The van der Waals surface area contributed by atoms with Crippen molar-refractivity contribution in [3.63, 3.8) is 0 Å². The Morgan fingerprint density at radius 3 is 2.09 bits per heavy atom. The van der Waals surface area contributed by atoms with Gasteiger partial charge in [0.1, 0.15) is 23.5 Å². The third-order valence-corrected chi connectivity index (χ3v) is 8.30. The Labute approximate surface area is 280 Å². The van der Waals surface area contributed by atoms with Crippen molar-refractivity contribution in [3.8, 4) is 28.4 Å². The van der Waals surface area contributed by atoms with Crippen LogP contribution in [-0.4, -0.2) is 45.5 Å². The molecule has 3 aromatic rings. The average molecular weight is 643 g/mol. The van der Waals surface area contributed by atoms with Gasteiger partial charge in [0.2, 0.25) is 0 Å². The number of carbonyl (C=O) groups excluding carboxylic acids is 3. The molecule has 0 bridgehead atoms. The molecular formula is C40H50O7. The molecule has 1 fully saturated rings. The Hall–Kier alpha value is -4.39. The van der Waals surface area contributed by atoms with E-state index in [1.807, 2.05) is 42.5 Å². The summed E-state index contributed by atoms with van der Waals surface area (Å²) in [6.45, 7) is 7.32. The fourth-order valence-electron chi connectivity index (χ4n) is 5.49. The lowest BCUT2D eigenvalue weighted by molar-refractivity contribution is -0.137. The van der Waals surface area contributed by atoms with Crippen LogP contribution in [0.25, 0.3) is 11.1 Å². The number of hydrogen-bond donors (Lipinski definition) is 0. The molecule has 7 heteroatoms. The number of ether oxygens (including phenoxy) is 4. The Kier molecular flexibility index (Phi) is 16.9. The van der Waals surface area contributed by atoms with Crippen molar-refractivity contribution in [1.82, 2.24) is 0 Å². The lowest BCUT2D eigenvalue weighted by Gasteiger charge is -2.25. The van der Waals surface area contributed by atoms with Crippen molar-refractivity contribution >= 4 is 18.5 Å². The molecule has 252 valence electrons. The second-order valence-corrected chi connectivity index (χ2v) is 11.9. The number of esters is 1. The van der Waals surface area contributed by atoms with E-state index in [-0.39, 0.29) is 11.9 Å². The van der Waals surface area contributed by atoms with Gasteiger partial charge < -0.3 is 23.7 Å². The summed E-state index contributed by atoms with van der Waals surface area (Å²) in [6, 6.07) is 21.7. The van der Waals surface area contributed by atoms with Crippen molar-refractivity contribution in [3.05, 3.63) is 90.5 Å². The third-order valence-electron chi connectivity index (χ3n) is 8.30. The van der Waals surface area contributed by atoms with E-state index in [0.717, 1.165) is 105 Å². The first-order chi connectivity index (χ1) is 23.0. The molecule has 1 aliphatic rings. The van der Waals surface area contributed by atoms with E-state index in [4.69, 9.17) is 18.9 Å². The molecule has 0 heterocycles. The molecule has 0 saturated heterocycles. The minimum absolute atomic E-state index is 0.228. The van der Waals surface area contributed by atoms with E-state index in [0.29, 0.717) is 31.3 Å². The van der Waals surface area contributed by atoms with Gasteiger partial charge in [-0.2, -0.15) is 0 Å². The standard InChI is InChI=1S/C24H28O3.C16H22O4/c1-2-3-18-8-10-21(11-9-18)24-13-12-23(14-22(24)16-26)27-17-20-6-4-19(15-25)5-7-20;1-3-16(17)20-13-7-5-4-6-12-19-15-10-8-14(18-2)9-11-15/h8-16,19-20H,2-7,17H2,1H3;3,8-11H,1,4-7,12-13H2,2H3. The molecule has 0 aliphatic heterocycles. The predicted molar refractivity (Wildman–Crippen MR) is 186 cm³/mol.